The summed E-state index contributed by atoms with van der Waals surface area (Å²) in [7, 11) is 0. The number of hydrogen-bond acceptors (Lipinski definition) is 1. The highest BCUT2D eigenvalue weighted by Gasteiger charge is 2.06. The monoisotopic (exact) mass is 321 g/mol. The van der Waals surface area contributed by atoms with Crippen LogP contribution in [0.1, 0.15) is 18.9 Å². The van der Waals surface area contributed by atoms with Crippen molar-refractivity contribution in [2.75, 3.05) is 5.32 Å². The molecule has 0 amide bonds. The summed E-state index contributed by atoms with van der Waals surface area (Å²) in [6.07, 6.45) is 2.02. The molecule has 100 valence electrons. The molecule has 2 aromatic carbocycles. The van der Waals surface area contributed by atoms with Crippen LogP contribution in [0.5, 0.6) is 0 Å². The molecule has 2 aromatic rings. The molecule has 0 heterocycles. The van der Waals surface area contributed by atoms with E-state index >= 15 is 0 Å². The van der Waals surface area contributed by atoms with Gasteiger partial charge in [-0.05, 0) is 59.5 Å². The van der Waals surface area contributed by atoms with Crippen LogP contribution in [0.3, 0.4) is 0 Å². The molecule has 0 aliphatic carbocycles. The Morgan fingerprint density at radius 2 is 1.89 bits per heavy atom. The number of halogens is 2. The van der Waals surface area contributed by atoms with Gasteiger partial charge in [-0.15, -0.1) is 0 Å². The van der Waals surface area contributed by atoms with Crippen molar-refractivity contribution in [1.29, 1.82) is 0 Å². The second-order valence-corrected chi connectivity index (χ2v) is 5.55. The minimum absolute atomic E-state index is 0.221. The van der Waals surface area contributed by atoms with Crippen molar-refractivity contribution in [2.45, 2.75) is 25.8 Å². The third-order valence-corrected chi connectivity index (χ3v) is 3.73. The minimum atomic E-state index is -0.221. The first-order chi connectivity index (χ1) is 9.15. The van der Waals surface area contributed by atoms with Gasteiger partial charge in [-0.25, -0.2) is 4.39 Å². The van der Waals surface area contributed by atoms with E-state index in [4.69, 9.17) is 0 Å². The lowest BCUT2D eigenvalue weighted by molar-refractivity contribution is 0.626. The Morgan fingerprint density at radius 1 is 1.16 bits per heavy atom. The zero-order valence-electron chi connectivity index (χ0n) is 10.9. The summed E-state index contributed by atoms with van der Waals surface area (Å²) in [6.45, 7) is 2.11. The van der Waals surface area contributed by atoms with Crippen LogP contribution in [0.4, 0.5) is 10.1 Å². The molecule has 0 saturated heterocycles. The second kappa shape index (κ2) is 6.71. The molecule has 0 aromatic heterocycles. The van der Waals surface area contributed by atoms with Crippen LogP contribution in [0.2, 0.25) is 0 Å². The van der Waals surface area contributed by atoms with Gasteiger partial charge in [0, 0.05) is 10.5 Å². The highest BCUT2D eigenvalue weighted by molar-refractivity contribution is 9.10. The molecule has 0 aliphatic heterocycles. The first-order valence-corrected chi connectivity index (χ1v) is 7.20. The number of rotatable bonds is 5. The summed E-state index contributed by atoms with van der Waals surface area (Å²) >= 11 is 3.43. The fourth-order valence-electron chi connectivity index (χ4n) is 1.97. The van der Waals surface area contributed by atoms with Crippen LogP contribution in [-0.4, -0.2) is 6.04 Å². The Hall–Kier alpha value is -1.35. The van der Waals surface area contributed by atoms with Gasteiger partial charge in [0.05, 0.1) is 5.69 Å². The van der Waals surface area contributed by atoms with Crippen molar-refractivity contribution in [3.8, 4) is 0 Å². The molecule has 0 spiro atoms. The predicted octanol–water partition coefficient (Wildman–Crippen LogP) is 5.02. The van der Waals surface area contributed by atoms with E-state index in [9.17, 15) is 4.39 Å². The van der Waals surface area contributed by atoms with E-state index < -0.39 is 0 Å². The standard InChI is InChI=1S/C16H17BrFN/c1-12(7-8-13-5-3-2-4-6-13)19-16-11-14(18)9-10-15(16)17/h2-6,9-12,19H,7-8H2,1H3. The summed E-state index contributed by atoms with van der Waals surface area (Å²) < 4.78 is 14.1. The van der Waals surface area contributed by atoms with Crippen molar-refractivity contribution in [3.05, 3.63) is 64.4 Å². The molecule has 0 fully saturated rings. The van der Waals surface area contributed by atoms with E-state index in [1.54, 1.807) is 6.07 Å². The molecule has 0 radical (unpaired) electrons. The largest absolute Gasteiger partial charge is 0.382 e. The molecule has 0 bridgehead atoms. The second-order valence-electron chi connectivity index (χ2n) is 4.69. The quantitative estimate of drug-likeness (QED) is 0.815. The molecule has 1 unspecified atom stereocenters. The Labute approximate surface area is 122 Å². The van der Waals surface area contributed by atoms with Crippen LogP contribution >= 0.6 is 15.9 Å². The summed E-state index contributed by atoms with van der Waals surface area (Å²) in [5, 5.41) is 3.33. The number of nitrogens with one attached hydrogen (secondary N) is 1. The Bertz CT molecular complexity index is 528. The maximum atomic E-state index is 13.2. The molecule has 19 heavy (non-hydrogen) atoms. The van der Waals surface area contributed by atoms with Gasteiger partial charge in [-0.2, -0.15) is 0 Å². The van der Waals surface area contributed by atoms with E-state index in [0.29, 0.717) is 6.04 Å². The van der Waals surface area contributed by atoms with Crippen molar-refractivity contribution in [1.82, 2.24) is 0 Å². The maximum absolute atomic E-state index is 13.2. The van der Waals surface area contributed by atoms with Gasteiger partial charge in [0.1, 0.15) is 5.82 Å². The van der Waals surface area contributed by atoms with Gasteiger partial charge in [-0.3, -0.25) is 0 Å². The predicted molar refractivity (Wildman–Crippen MR) is 81.9 cm³/mol. The van der Waals surface area contributed by atoms with Gasteiger partial charge in [0.25, 0.3) is 0 Å². The smallest absolute Gasteiger partial charge is 0.125 e. The third kappa shape index (κ3) is 4.35. The molecule has 2 rings (SSSR count). The fraction of sp³-hybridized carbons (Fsp3) is 0.250. The van der Waals surface area contributed by atoms with E-state index in [-0.39, 0.29) is 5.82 Å². The zero-order valence-corrected chi connectivity index (χ0v) is 12.5. The van der Waals surface area contributed by atoms with Crippen LogP contribution in [-0.2, 0) is 6.42 Å². The molecule has 0 saturated carbocycles. The molecular formula is C16H17BrFN. The van der Waals surface area contributed by atoms with Crippen molar-refractivity contribution in [3.63, 3.8) is 0 Å². The van der Waals surface area contributed by atoms with Gasteiger partial charge in [0.15, 0.2) is 0 Å². The number of hydrogen-bond donors (Lipinski definition) is 1. The summed E-state index contributed by atoms with van der Waals surface area (Å²) in [5.74, 6) is -0.221. The molecule has 0 aliphatic rings. The van der Waals surface area contributed by atoms with Crippen LogP contribution < -0.4 is 5.32 Å². The Kier molecular flexibility index (Phi) is 4.97. The zero-order chi connectivity index (χ0) is 13.7. The Morgan fingerprint density at radius 3 is 2.63 bits per heavy atom. The molecule has 1 N–H and O–H groups in total. The van der Waals surface area contributed by atoms with Crippen molar-refractivity contribution in [2.24, 2.45) is 0 Å². The van der Waals surface area contributed by atoms with E-state index in [1.807, 2.05) is 6.07 Å². The van der Waals surface area contributed by atoms with Crippen molar-refractivity contribution >= 4 is 21.6 Å². The topological polar surface area (TPSA) is 12.0 Å². The summed E-state index contributed by atoms with van der Waals surface area (Å²) in [4.78, 5) is 0. The molecule has 1 atom stereocenters. The van der Waals surface area contributed by atoms with Gasteiger partial charge in [-0.1, -0.05) is 30.3 Å². The first-order valence-electron chi connectivity index (χ1n) is 6.40. The van der Waals surface area contributed by atoms with Gasteiger partial charge >= 0.3 is 0 Å². The summed E-state index contributed by atoms with van der Waals surface area (Å²) in [6, 6.07) is 15.4. The van der Waals surface area contributed by atoms with Crippen molar-refractivity contribution < 1.29 is 4.39 Å². The average Bonchev–Trinajstić information content (AvgIpc) is 2.42. The highest BCUT2D eigenvalue weighted by Crippen LogP contribution is 2.24. The normalized spacial score (nSPS) is 12.2. The van der Waals surface area contributed by atoms with Crippen LogP contribution in [0.15, 0.2) is 53.0 Å². The average molecular weight is 322 g/mol. The van der Waals surface area contributed by atoms with Crippen LogP contribution in [0.25, 0.3) is 0 Å². The molecular weight excluding hydrogens is 305 g/mol. The van der Waals surface area contributed by atoms with E-state index in [1.165, 1.54) is 17.7 Å². The number of anilines is 1. The maximum Gasteiger partial charge on any atom is 0.125 e. The fourth-order valence-corrected chi connectivity index (χ4v) is 2.33. The first kappa shape index (κ1) is 14.1. The van der Waals surface area contributed by atoms with Gasteiger partial charge in [0.2, 0.25) is 0 Å². The minimum Gasteiger partial charge on any atom is -0.382 e. The molecule has 3 heteroatoms. The molecule has 1 nitrogen and oxygen atoms in total. The lowest BCUT2D eigenvalue weighted by Crippen LogP contribution is -2.16. The Balaban J connectivity index is 1.90. The lowest BCUT2D eigenvalue weighted by Gasteiger charge is -2.16. The third-order valence-electron chi connectivity index (χ3n) is 3.04. The van der Waals surface area contributed by atoms with Crippen LogP contribution in [0, 0.1) is 5.82 Å². The van der Waals surface area contributed by atoms with Gasteiger partial charge < -0.3 is 5.32 Å². The number of aryl methyl sites for hydroxylation is 1. The number of benzene rings is 2. The van der Waals surface area contributed by atoms with E-state index in [0.717, 1.165) is 23.0 Å². The SMILES string of the molecule is CC(CCc1ccccc1)Nc1cc(F)ccc1Br. The highest BCUT2D eigenvalue weighted by atomic mass is 79.9. The lowest BCUT2D eigenvalue weighted by atomic mass is 10.1. The summed E-state index contributed by atoms with van der Waals surface area (Å²) in [5.41, 5.74) is 2.13. The van der Waals surface area contributed by atoms with E-state index in [2.05, 4.69) is 52.4 Å².